The van der Waals surface area contributed by atoms with E-state index in [2.05, 4.69) is 15.8 Å². The Labute approximate surface area is 130 Å². The summed E-state index contributed by atoms with van der Waals surface area (Å²) < 4.78 is 39.0. The highest BCUT2D eigenvalue weighted by Gasteiger charge is 1.95. The summed E-state index contributed by atoms with van der Waals surface area (Å²) >= 11 is 0. The summed E-state index contributed by atoms with van der Waals surface area (Å²) in [4.78, 5) is 0. The average Bonchev–Trinajstić information content (AvgIpc) is 3.22. The summed E-state index contributed by atoms with van der Waals surface area (Å²) in [5, 5.41) is 0. The van der Waals surface area contributed by atoms with E-state index >= 15 is 0 Å². The summed E-state index contributed by atoms with van der Waals surface area (Å²) in [6, 6.07) is 0. The lowest BCUT2D eigenvalue weighted by molar-refractivity contribution is 0.255. The largest absolute Gasteiger partial charge is 0.726 e. The Balaban J connectivity index is 0. The van der Waals surface area contributed by atoms with E-state index in [4.69, 9.17) is 0 Å². The van der Waals surface area contributed by atoms with Crippen molar-refractivity contribution in [2.45, 2.75) is 71.1 Å². The van der Waals surface area contributed by atoms with E-state index in [9.17, 15) is 13.0 Å². The van der Waals surface area contributed by atoms with Crippen LogP contribution in [0.5, 0.6) is 0 Å². The van der Waals surface area contributed by atoms with Crippen molar-refractivity contribution in [2.75, 3.05) is 19.8 Å². The molecule has 0 bridgehead atoms. The summed E-state index contributed by atoms with van der Waals surface area (Å²) in [7, 11) is -4.48. The van der Waals surface area contributed by atoms with Crippen molar-refractivity contribution < 1.29 is 21.9 Å². The van der Waals surface area contributed by atoms with Crippen LogP contribution in [0.15, 0.2) is 0 Å². The second-order valence-corrected chi connectivity index (χ2v) is 6.08. The molecular formula is C14H33NO5S. The van der Waals surface area contributed by atoms with Crippen LogP contribution in [0.4, 0.5) is 0 Å². The van der Waals surface area contributed by atoms with Crippen molar-refractivity contribution in [1.82, 2.24) is 6.15 Å². The molecule has 6 nitrogen and oxygen atoms in total. The van der Waals surface area contributed by atoms with Gasteiger partial charge in [0.2, 0.25) is 10.4 Å². The molecule has 0 amide bonds. The molecule has 1 heterocycles. The molecule has 0 radical (unpaired) electrons. The lowest BCUT2D eigenvalue weighted by Crippen LogP contribution is -2.05. The zero-order valence-electron chi connectivity index (χ0n) is 13.6. The van der Waals surface area contributed by atoms with Crippen LogP contribution in [0.1, 0.15) is 71.1 Å². The standard InChI is InChI=1S/C12H26O4S.C2H4O.H3N/c1-2-3-4-5-6-7-8-9-10-11-12-16-17(13,14)15;1-2-3-1;/h2-12H2,1H3,(H,13,14,15);1-2H2;1H3. The van der Waals surface area contributed by atoms with Crippen molar-refractivity contribution in [3.05, 3.63) is 0 Å². The molecule has 1 saturated heterocycles. The smallest absolute Gasteiger partial charge is 0.217 e. The monoisotopic (exact) mass is 327 g/mol. The van der Waals surface area contributed by atoms with Gasteiger partial charge in [0.25, 0.3) is 0 Å². The maximum absolute atomic E-state index is 10.1. The molecule has 0 atom stereocenters. The first-order valence-corrected chi connectivity index (χ1v) is 9.07. The Bertz CT molecular complexity index is 291. The number of ether oxygens (including phenoxy) is 1. The number of hydrogen-bond acceptors (Lipinski definition) is 5. The van der Waals surface area contributed by atoms with Crippen molar-refractivity contribution in [2.24, 2.45) is 0 Å². The Morgan fingerprint density at radius 1 is 0.905 bits per heavy atom. The molecule has 1 fully saturated rings. The van der Waals surface area contributed by atoms with Gasteiger partial charge in [-0.05, 0) is 6.42 Å². The van der Waals surface area contributed by atoms with E-state index in [-0.39, 0.29) is 12.8 Å². The highest BCUT2D eigenvalue weighted by molar-refractivity contribution is 7.80. The summed E-state index contributed by atoms with van der Waals surface area (Å²) in [5.41, 5.74) is 0. The highest BCUT2D eigenvalue weighted by atomic mass is 32.3. The number of rotatable bonds is 12. The van der Waals surface area contributed by atoms with Crippen LogP contribution < -0.4 is 6.15 Å². The van der Waals surface area contributed by atoms with Crippen LogP contribution in [-0.4, -0.2) is 32.8 Å². The molecule has 21 heavy (non-hydrogen) atoms. The maximum atomic E-state index is 10.1. The molecule has 1 aliphatic heterocycles. The number of epoxide rings is 1. The highest BCUT2D eigenvalue weighted by Crippen LogP contribution is 2.10. The third-order valence-electron chi connectivity index (χ3n) is 2.93. The minimum Gasteiger partial charge on any atom is -0.726 e. The molecule has 4 N–H and O–H groups in total. The fourth-order valence-electron chi connectivity index (χ4n) is 1.75. The van der Waals surface area contributed by atoms with Gasteiger partial charge in [0.1, 0.15) is 0 Å². The Kier molecular flexibility index (Phi) is 17.8. The van der Waals surface area contributed by atoms with Gasteiger partial charge in [-0.1, -0.05) is 64.7 Å². The lowest BCUT2D eigenvalue weighted by Gasteiger charge is -2.06. The third kappa shape index (κ3) is 28.6. The molecule has 0 aromatic carbocycles. The SMILES string of the molecule is C1CO1.CCCCCCCCCCCCOS(=O)(=O)[O-].[NH4+]. The number of hydrogen-bond donors (Lipinski definition) is 1. The molecule has 0 aromatic heterocycles. The summed E-state index contributed by atoms with van der Waals surface area (Å²) in [5.74, 6) is 0. The minimum atomic E-state index is -4.48. The first-order chi connectivity index (χ1) is 9.56. The zero-order chi connectivity index (χ0) is 15.1. The third-order valence-corrected chi connectivity index (χ3v) is 3.39. The van der Waals surface area contributed by atoms with E-state index in [0.29, 0.717) is 6.42 Å². The van der Waals surface area contributed by atoms with Crippen molar-refractivity contribution >= 4 is 10.4 Å². The molecule has 130 valence electrons. The molecule has 0 aromatic rings. The topological polar surface area (TPSA) is 115 Å². The molecule has 7 heteroatoms. The van der Waals surface area contributed by atoms with Crippen molar-refractivity contribution in [1.29, 1.82) is 0 Å². The first-order valence-electron chi connectivity index (χ1n) is 7.74. The molecule has 1 aliphatic rings. The quantitative estimate of drug-likeness (QED) is 0.253. The van der Waals surface area contributed by atoms with Gasteiger partial charge in [-0.15, -0.1) is 0 Å². The number of quaternary nitrogens is 1. The average molecular weight is 327 g/mol. The van der Waals surface area contributed by atoms with E-state index in [1.54, 1.807) is 0 Å². The predicted octanol–water partition coefficient (Wildman–Crippen LogP) is 3.78. The first kappa shape index (κ1) is 23.1. The second-order valence-electron chi connectivity index (χ2n) is 5.02. The van der Waals surface area contributed by atoms with Gasteiger partial charge in [-0.25, -0.2) is 8.42 Å². The fourth-order valence-corrected chi connectivity index (χ4v) is 2.07. The van der Waals surface area contributed by atoms with Gasteiger partial charge in [0.15, 0.2) is 0 Å². The normalized spacial score (nSPS) is 13.0. The van der Waals surface area contributed by atoms with Crippen LogP contribution in [0.2, 0.25) is 0 Å². The Morgan fingerprint density at radius 3 is 1.62 bits per heavy atom. The van der Waals surface area contributed by atoms with Gasteiger partial charge in [-0.2, -0.15) is 0 Å². The van der Waals surface area contributed by atoms with Crippen LogP contribution in [0.3, 0.4) is 0 Å². The molecular weight excluding hydrogens is 294 g/mol. The zero-order valence-corrected chi connectivity index (χ0v) is 14.5. The molecule has 1 rings (SSSR count). The van der Waals surface area contributed by atoms with Crippen LogP contribution >= 0.6 is 0 Å². The predicted molar refractivity (Wildman–Crippen MR) is 84.3 cm³/mol. The summed E-state index contributed by atoms with van der Waals surface area (Å²) in [6.45, 7) is 4.24. The Hall–Kier alpha value is -0.210. The van der Waals surface area contributed by atoms with Gasteiger partial charge in [-0.3, -0.25) is 4.18 Å². The second kappa shape index (κ2) is 16.2. The molecule has 0 saturated carbocycles. The van der Waals surface area contributed by atoms with E-state index in [0.717, 1.165) is 26.1 Å². The van der Waals surface area contributed by atoms with Crippen LogP contribution in [0, 0.1) is 0 Å². The van der Waals surface area contributed by atoms with Crippen molar-refractivity contribution in [3.8, 4) is 0 Å². The van der Waals surface area contributed by atoms with Crippen molar-refractivity contribution in [3.63, 3.8) is 0 Å². The minimum absolute atomic E-state index is 0. The molecule has 0 spiro atoms. The number of unbranched alkanes of at least 4 members (excludes halogenated alkanes) is 9. The van der Waals surface area contributed by atoms with Gasteiger partial charge in [0.05, 0.1) is 19.8 Å². The van der Waals surface area contributed by atoms with Crippen LogP contribution in [0.25, 0.3) is 0 Å². The van der Waals surface area contributed by atoms with E-state index in [1.807, 2.05) is 0 Å². The Morgan fingerprint density at radius 2 is 1.29 bits per heavy atom. The van der Waals surface area contributed by atoms with E-state index in [1.165, 1.54) is 44.9 Å². The summed E-state index contributed by atoms with van der Waals surface area (Å²) in [6.07, 6.45) is 11.7. The van der Waals surface area contributed by atoms with Gasteiger partial charge in [0, 0.05) is 0 Å². The van der Waals surface area contributed by atoms with Crippen LogP contribution in [-0.2, 0) is 19.3 Å². The van der Waals surface area contributed by atoms with Gasteiger partial charge < -0.3 is 15.4 Å². The molecule has 0 aliphatic carbocycles. The maximum Gasteiger partial charge on any atom is 0.217 e. The lowest BCUT2D eigenvalue weighted by atomic mass is 10.1. The van der Waals surface area contributed by atoms with Gasteiger partial charge >= 0.3 is 0 Å². The fraction of sp³-hybridized carbons (Fsp3) is 1.00. The van der Waals surface area contributed by atoms with E-state index < -0.39 is 10.4 Å². The molecule has 0 unspecified atom stereocenters.